The summed E-state index contributed by atoms with van der Waals surface area (Å²) >= 11 is 0. The van der Waals surface area contributed by atoms with Gasteiger partial charge >= 0.3 is 6.29 Å². The third-order valence-electron chi connectivity index (χ3n) is 4.64. The molecule has 0 bridgehead atoms. The number of carbonyl (C=O) groups is 1. The van der Waals surface area contributed by atoms with Crippen LogP contribution in [0.5, 0.6) is 11.5 Å². The van der Waals surface area contributed by atoms with E-state index in [1.54, 1.807) is 6.07 Å². The summed E-state index contributed by atoms with van der Waals surface area (Å²) in [7, 11) is 0. The summed E-state index contributed by atoms with van der Waals surface area (Å²) in [6, 6.07) is 10.3. The molecule has 3 aromatic rings. The highest BCUT2D eigenvalue weighted by Gasteiger charge is 2.43. The molecule has 0 fully saturated rings. The van der Waals surface area contributed by atoms with Crippen LogP contribution in [-0.4, -0.2) is 21.6 Å². The van der Waals surface area contributed by atoms with Crippen LogP contribution in [0.2, 0.25) is 0 Å². The second kappa shape index (κ2) is 5.17. The van der Waals surface area contributed by atoms with Gasteiger partial charge in [0.25, 0.3) is 0 Å². The molecule has 0 spiro atoms. The van der Waals surface area contributed by atoms with Crippen molar-refractivity contribution in [3.8, 4) is 11.5 Å². The first-order chi connectivity index (χ1) is 12.5. The Kier molecular flexibility index (Phi) is 3.01. The minimum atomic E-state index is -3.67. The Bertz CT molecular complexity index is 1050. The third kappa shape index (κ3) is 2.29. The number of pyridine rings is 1. The summed E-state index contributed by atoms with van der Waals surface area (Å²) in [4.78, 5) is 16.8. The predicted molar refractivity (Wildman–Crippen MR) is 86.1 cm³/mol. The fraction of sp³-hybridized carbons (Fsp3) is 0.222. The van der Waals surface area contributed by atoms with Crippen molar-refractivity contribution in [1.29, 1.82) is 0 Å². The van der Waals surface area contributed by atoms with Gasteiger partial charge in [-0.3, -0.25) is 4.79 Å². The van der Waals surface area contributed by atoms with Crippen LogP contribution in [0.25, 0.3) is 5.65 Å². The average Bonchev–Trinajstić information content (AvgIpc) is 3.07. The lowest BCUT2D eigenvalue weighted by Crippen LogP contribution is -2.25. The van der Waals surface area contributed by atoms with Gasteiger partial charge in [0.15, 0.2) is 11.5 Å². The van der Waals surface area contributed by atoms with Gasteiger partial charge in [0.05, 0.1) is 17.9 Å². The minimum absolute atomic E-state index is 0.0183. The van der Waals surface area contributed by atoms with E-state index in [0.29, 0.717) is 12.1 Å². The van der Waals surface area contributed by atoms with Crippen LogP contribution in [0, 0.1) is 0 Å². The smallest absolute Gasteiger partial charge is 0.395 e. The van der Waals surface area contributed by atoms with Crippen LogP contribution < -0.4 is 14.8 Å². The van der Waals surface area contributed by atoms with Gasteiger partial charge in [0.2, 0.25) is 5.91 Å². The topological polar surface area (TPSA) is 64.9 Å². The van der Waals surface area contributed by atoms with E-state index in [1.807, 2.05) is 28.8 Å². The molecule has 0 aliphatic carbocycles. The zero-order chi connectivity index (χ0) is 17.9. The number of halogens is 2. The first-order valence-electron chi connectivity index (χ1n) is 8.12. The SMILES string of the molecule is O=C1C[C@H](c2ccc3c(c2)OC(F)(F)O3)c2c(nc3ccccn23)CN1. The van der Waals surface area contributed by atoms with E-state index in [2.05, 4.69) is 19.8 Å². The van der Waals surface area contributed by atoms with E-state index in [9.17, 15) is 13.6 Å². The first-order valence-corrected chi connectivity index (χ1v) is 8.12. The average molecular weight is 357 g/mol. The van der Waals surface area contributed by atoms with Crippen molar-refractivity contribution in [2.24, 2.45) is 0 Å². The fourth-order valence-electron chi connectivity index (χ4n) is 3.56. The van der Waals surface area contributed by atoms with Gasteiger partial charge in [-0.15, -0.1) is 8.78 Å². The van der Waals surface area contributed by atoms with Gasteiger partial charge in [-0.2, -0.15) is 0 Å². The monoisotopic (exact) mass is 357 g/mol. The molecular weight excluding hydrogens is 344 g/mol. The Morgan fingerprint density at radius 2 is 2.04 bits per heavy atom. The number of aromatic nitrogens is 2. The molecule has 6 nitrogen and oxygen atoms in total. The molecule has 26 heavy (non-hydrogen) atoms. The molecule has 1 aromatic carbocycles. The number of nitrogens with one attached hydrogen (secondary N) is 1. The molecule has 8 heteroatoms. The highest BCUT2D eigenvalue weighted by atomic mass is 19.3. The third-order valence-corrected chi connectivity index (χ3v) is 4.64. The van der Waals surface area contributed by atoms with Crippen molar-refractivity contribution in [2.75, 3.05) is 0 Å². The van der Waals surface area contributed by atoms with Crippen LogP contribution in [0.4, 0.5) is 8.78 Å². The number of hydrogen-bond donors (Lipinski definition) is 1. The lowest BCUT2D eigenvalue weighted by Gasteiger charge is -2.16. The normalized spacial score (nSPS) is 20.5. The number of benzene rings is 1. The quantitative estimate of drug-likeness (QED) is 0.727. The van der Waals surface area contributed by atoms with Gasteiger partial charge < -0.3 is 19.2 Å². The van der Waals surface area contributed by atoms with Crippen LogP contribution in [0.3, 0.4) is 0 Å². The highest BCUT2D eigenvalue weighted by Crippen LogP contribution is 2.44. The number of imidazole rings is 1. The fourth-order valence-corrected chi connectivity index (χ4v) is 3.56. The molecule has 1 N–H and O–H groups in total. The van der Waals surface area contributed by atoms with Crippen LogP contribution in [0.15, 0.2) is 42.6 Å². The number of carbonyl (C=O) groups excluding carboxylic acids is 1. The Hall–Kier alpha value is -3.16. The molecule has 0 saturated heterocycles. The number of ether oxygens (including phenoxy) is 2. The molecule has 5 rings (SSSR count). The van der Waals surface area contributed by atoms with Crippen molar-refractivity contribution in [3.63, 3.8) is 0 Å². The number of fused-ring (bicyclic) bond motifs is 4. The number of hydrogen-bond acceptors (Lipinski definition) is 4. The van der Waals surface area contributed by atoms with Crippen molar-refractivity contribution in [1.82, 2.24) is 14.7 Å². The largest absolute Gasteiger partial charge is 0.586 e. The van der Waals surface area contributed by atoms with E-state index in [0.717, 1.165) is 17.0 Å². The summed E-state index contributed by atoms with van der Waals surface area (Å²) in [6.07, 6.45) is -1.60. The number of nitrogens with zero attached hydrogens (tertiary/aromatic N) is 2. The molecule has 0 saturated carbocycles. The first kappa shape index (κ1) is 15.1. The van der Waals surface area contributed by atoms with E-state index in [4.69, 9.17) is 0 Å². The maximum absolute atomic E-state index is 13.3. The Balaban J connectivity index is 1.66. The minimum Gasteiger partial charge on any atom is -0.395 e. The highest BCUT2D eigenvalue weighted by molar-refractivity contribution is 5.78. The maximum atomic E-state index is 13.3. The molecule has 1 amide bonds. The Labute approximate surface area is 146 Å². The van der Waals surface area contributed by atoms with Crippen molar-refractivity contribution in [3.05, 3.63) is 59.5 Å². The van der Waals surface area contributed by atoms with E-state index >= 15 is 0 Å². The predicted octanol–water partition coefficient (Wildman–Crippen LogP) is 2.81. The summed E-state index contributed by atoms with van der Waals surface area (Å²) in [5.41, 5.74) is 3.08. The van der Waals surface area contributed by atoms with Crippen molar-refractivity contribution in [2.45, 2.75) is 25.2 Å². The van der Waals surface area contributed by atoms with Crippen molar-refractivity contribution >= 4 is 11.6 Å². The Morgan fingerprint density at radius 1 is 1.19 bits per heavy atom. The lowest BCUT2D eigenvalue weighted by molar-refractivity contribution is -0.286. The Morgan fingerprint density at radius 3 is 2.92 bits per heavy atom. The van der Waals surface area contributed by atoms with Gasteiger partial charge in [-0.1, -0.05) is 12.1 Å². The molecule has 1 atom stereocenters. The van der Waals surface area contributed by atoms with Crippen LogP contribution in [-0.2, 0) is 11.3 Å². The summed E-state index contributed by atoms with van der Waals surface area (Å²) in [6.45, 7) is 0.328. The second-order valence-corrected chi connectivity index (χ2v) is 6.28. The molecule has 2 aliphatic rings. The van der Waals surface area contributed by atoms with Gasteiger partial charge in [-0.25, -0.2) is 4.98 Å². The van der Waals surface area contributed by atoms with Gasteiger partial charge in [-0.05, 0) is 29.8 Å². The van der Waals surface area contributed by atoms with Gasteiger partial charge in [0, 0.05) is 18.5 Å². The van der Waals surface area contributed by atoms with E-state index in [-0.39, 0.29) is 29.7 Å². The molecule has 4 heterocycles. The number of alkyl halides is 2. The van der Waals surface area contributed by atoms with Gasteiger partial charge in [0.1, 0.15) is 5.65 Å². The second-order valence-electron chi connectivity index (χ2n) is 6.28. The van der Waals surface area contributed by atoms with Crippen molar-refractivity contribution < 1.29 is 23.0 Å². The number of amides is 1. The van der Waals surface area contributed by atoms with Crippen LogP contribution >= 0.6 is 0 Å². The standard InChI is InChI=1S/C18H13F2N3O3/c19-18(20)25-13-5-4-10(7-14(13)26-18)11-8-16(24)21-9-12-17(11)23-6-2-1-3-15(23)22-12/h1-7,11H,8-9H2,(H,21,24)/t11-/m1/s1. The summed E-state index contributed by atoms with van der Waals surface area (Å²) < 4.78 is 37.6. The molecular formula is C18H13F2N3O3. The maximum Gasteiger partial charge on any atom is 0.586 e. The van der Waals surface area contributed by atoms with E-state index in [1.165, 1.54) is 12.1 Å². The molecule has 2 aromatic heterocycles. The summed E-state index contributed by atoms with van der Waals surface area (Å²) in [5.74, 6) is -0.517. The lowest BCUT2D eigenvalue weighted by atomic mass is 9.91. The molecule has 0 radical (unpaired) electrons. The summed E-state index contributed by atoms with van der Waals surface area (Å²) in [5, 5.41) is 2.84. The van der Waals surface area contributed by atoms with E-state index < -0.39 is 6.29 Å². The zero-order valence-electron chi connectivity index (χ0n) is 13.4. The number of rotatable bonds is 1. The molecule has 2 aliphatic heterocycles. The van der Waals surface area contributed by atoms with Crippen LogP contribution in [0.1, 0.15) is 29.3 Å². The zero-order valence-corrected chi connectivity index (χ0v) is 13.4. The molecule has 0 unspecified atom stereocenters. The molecule has 132 valence electrons.